The van der Waals surface area contributed by atoms with Crippen LogP contribution in [-0.2, 0) is 21.5 Å². The van der Waals surface area contributed by atoms with Crippen LogP contribution in [0.15, 0.2) is 10.6 Å². The summed E-state index contributed by atoms with van der Waals surface area (Å²) >= 11 is 0. The van der Waals surface area contributed by atoms with Gasteiger partial charge < -0.3 is 9.26 Å². The minimum Gasteiger partial charge on any atom is -0.379 e. The Balaban J connectivity index is 1.92. The van der Waals surface area contributed by atoms with Gasteiger partial charge in [-0.3, -0.25) is 0 Å². The molecule has 1 aliphatic heterocycles. The Labute approximate surface area is 99.9 Å². The molecule has 0 bridgehead atoms. The van der Waals surface area contributed by atoms with Crippen LogP contribution in [0.2, 0.25) is 0 Å². The summed E-state index contributed by atoms with van der Waals surface area (Å²) in [4.78, 5) is 0. The molecular weight excluding hydrogens is 246 g/mol. The monoisotopic (exact) mass is 261 g/mol. The molecule has 1 aromatic heterocycles. The van der Waals surface area contributed by atoms with Crippen molar-refractivity contribution in [3.8, 4) is 0 Å². The van der Waals surface area contributed by atoms with E-state index in [0.29, 0.717) is 32.1 Å². The lowest BCUT2D eigenvalue weighted by molar-refractivity contribution is 0.0724. The molecular formula is C9H15N3O4S. The smallest absolute Gasteiger partial charge is 0.280 e. The molecule has 0 unspecified atom stereocenters. The van der Waals surface area contributed by atoms with Gasteiger partial charge in [-0.15, -0.1) is 0 Å². The second-order valence-electron chi connectivity index (χ2n) is 3.77. The van der Waals surface area contributed by atoms with E-state index in [1.165, 1.54) is 4.31 Å². The fraction of sp³-hybridized carbons (Fsp3) is 0.667. The third kappa shape index (κ3) is 3.25. The van der Waals surface area contributed by atoms with Crippen LogP contribution < -0.4 is 4.72 Å². The van der Waals surface area contributed by atoms with Crippen LogP contribution in [0.3, 0.4) is 0 Å². The maximum Gasteiger partial charge on any atom is 0.280 e. The SMILES string of the molecule is Cc1cc(CNS(=O)(=O)N2CCOCC2)on1. The van der Waals surface area contributed by atoms with Gasteiger partial charge in [0.25, 0.3) is 10.2 Å². The zero-order valence-electron chi connectivity index (χ0n) is 9.55. The number of hydrogen-bond acceptors (Lipinski definition) is 5. The third-order valence-corrected chi connectivity index (χ3v) is 3.97. The van der Waals surface area contributed by atoms with Gasteiger partial charge in [0.15, 0.2) is 5.76 Å². The lowest BCUT2D eigenvalue weighted by Gasteiger charge is -2.25. The number of hydrogen-bond donors (Lipinski definition) is 1. The van der Waals surface area contributed by atoms with E-state index in [9.17, 15) is 8.42 Å². The fourth-order valence-electron chi connectivity index (χ4n) is 1.54. The van der Waals surface area contributed by atoms with Gasteiger partial charge >= 0.3 is 0 Å². The first-order valence-electron chi connectivity index (χ1n) is 5.32. The van der Waals surface area contributed by atoms with Crippen molar-refractivity contribution in [2.45, 2.75) is 13.5 Å². The van der Waals surface area contributed by atoms with Gasteiger partial charge in [0.1, 0.15) is 0 Å². The summed E-state index contributed by atoms with van der Waals surface area (Å²) in [6, 6.07) is 1.70. The first-order valence-corrected chi connectivity index (χ1v) is 6.76. The van der Waals surface area contributed by atoms with Gasteiger partial charge in [-0.2, -0.15) is 17.4 Å². The average molecular weight is 261 g/mol. The number of ether oxygens (including phenoxy) is 1. The van der Waals surface area contributed by atoms with E-state index in [1.807, 2.05) is 0 Å². The zero-order valence-corrected chi connectivity index (χ0v) is 10.4. The molecule has 2 heterocycles. The van der Waals surface area contributed by atoms with Crippen molar-refractivity contribution in [2.24, 2.45) is 0 Å². The first-order chi connectivity index (χ1) is 8.08. The molecule has 0 radical (unpaired) electrons. The zero-order chi connectivity index (χ0) is 12.3. The second kappa shape index (κ2) is 5.13. The number of rotatable bonds is 4. The second-order valence-corrected chi connectivity index (χ2v) is 5.53. The van der Waals surface area contributed by atoms with Crippen molar-refractivity contribution in [3.05, 3.63) is 17.5 Å². The number of nitrogens with zero attached hydrogens (tertiary/aromatic N) is 2. The predicted octanol–water partition coefficient (Wildman–Crippen LogP) is -0.350. The van der Waals surface area contributed by atoms with Crippen LogP contribution in [0.5, 0.6) is 0 Å². The Morgan fingerprint density at radius 1 is 1.47 bits per heavy atom. The summed E-state index contributed by atoms with van der Waals surface area (Å²) in [5, 5.41) is 3.69. The number of nitrogens with one attached hydrogen (secondary N) is 1. The Hall–Kier alpha value is -0.960. The van der Waals surface area contributed by atoms with Gasteiger partial charge in [-0.1, -0.05) is 5.16 Å². The molecule has 0 spiro atoms. The number of aromatic nitrogens is 1. The molecule has 0 amide bonds. The molecule has 1 aliphatic rings. The van der Waals surface area contributed by atoms with Crippen LogP contribution in [0, 0.1) is 6.92 Å². The number of aryl methyl sites for hydroxylation is 1. The number of morpholine rings is 1. The van der Waals surface area contributed by atoms with Gasteiger partial charge in [0, 0.05) is 19.2 Å². The van der Waals surface area contributed by atoms with Crippen molar-refractivity contribution in [3.63, 3.8) is 0 Å². The lowest BCUT2D eigenvalue weighted by atomic mass is 10.4. The minimum atomic E-state index is -3.46. The fourth-order valence-corrected chi connectivity index (χ4v) is 2.68. The largest absolute Gasteiger partial charge is 0.379 e. The highest BCUT2D eigenvalue weighted by Gasteiger charge is 2.24. The lowest BCUT2D eigenvalue weighted by Crippen LogP contribution is -2.46. The molecule has 8 heteroatoms. The van der Waals surface area contributed by atoms with Crippen molar-refractivity contribution >= 4 is 10.2 Å². The Kier molecular flexibility index (Phi) is 3.77. The van der Waals surface area contributed by atoms with Crippen LogP contribution in [0.25, 0.3) is 0 Å². The molecule has 2 rings (SSSR count). The molecule has 1 N–H and O–H groups in total. The van der Waals surface area contributed by atoms with E-state index < -0.39 is 10.2 Å². The quantitative estimate of drug-likeness (QED) is 0.800. The van der Waals surface area contributed by atoms with Gasteiger partial charge in [0.05, 0.1) is 25.5 Å². The van der Waals surface area contributed by atoms with Crippen molar-refractivity contribution < 1.29 is 17.7 Å². The summed E-state index contributed by atoms with van der Waals surface area (Å²) < 4.78 is 37.6. The van der Waals surface area contributed by atoms with Crippen LogP contribution in [-0.4, -0.2) is 44.2 Å². The molecule has 0 aliphatic carbocycles. The molecule has 1 saturated heterocycles. The van der Waals surface area contributed by atoms with E-state index in [2.05, 4.69) is 9.88 Å². The topological polar surface area (TPSA) is 84.7 Å². The Morgan fingerprint density at radius 3 is 2.76 bits per heavy atom. The predicted molar refractivity (Wildman–Crippen MR) is 59.4 cm³/mol. The summed E-state index contributed by atoms with van der Waals surface area (Å²) in [6.45, 7) is 3.52. The molecule has 1 fully saturated rings. The summed E-state index contributed by atoms with van der Waals surface area (Å²) in [7, 11) is -3.46. The molecule has 0 aromatic carbocycles. The van der Waals surface area contributed by atoms with Crippen molar-refractivity contribution in [2.75, 3.05) is 26.3 Å². The van der Waals surface area contributed by atoms with Crippen LogP contribution in [0.4, 0.5) is 0 Å². The van der Waals surface area contributed by atoms with Crippen molar-refractivity contribution in [1.29, 1.82) is 0 Å². The van der Waals surface area contributed by atoms with E-state index in [1.54, 1.807) is 13.0 Å². The Morgan fingerprint density at radius 2 is 2.18 bits per heavy atom. The summed E-state index contributed by atoms with van der Waals surface area (Å²) in [5.74, 6) is 0.499. The molecule has 17 heavy (non-hydrogen) atoms. The summed E-state index contributed by atoms with van der Waals surface area (Å²) in [6.07, 6.45) is 0. The van der Waals surface area contributed by atoms with Gasteiger partial charge in [0.2, 0.25) is 0 Å². The van der Waals surface area contributed by atoms with E-state index in [4.69, 9.17) is 9.26 Å². The normalized spacial score (nSPS) is 18.4. The highest BCUT2D eigenvalue weighted by atomic mass is 32.2. The highest BCUT2D eigenvalue weighted by molar-refractivity contribution is 7.87. The highest BCUT2D eigenvalue weighted by Crippen LogP contribution is 2.06. The third-order valence-electron chi connectivity index (χ3n) is 2.42. The maximum atomic E-state index is 11.9. The van der Waals surface area contributed by atoms with Gasteiger partial charge in [-0.25, -0.2) is 0 Å². The first kappa shape index (κ1) is 12.5. The molecule has 96 valence electrons. The molecule has 0 saturated carbocycles. The van der Waals surface area contributed by atoms with Crippen molar-refractivity contribution in [1.82, 2.24) is 14.2 Å². The standard InChI is InChI=1S/C9H15N3O4S/c1-8-6-9(16-11-8)7-10-17(13,14)12-2-4-15-5-3-12/h6,10H,2-5,7H2,1H3. The minimum absolute atomic E-state index is 0.112. The van der Waals surface area contributed by atoms with Gasteiger partial charge in [-0.05, 0) is 6.92 Å². The molecule has 0 atom stereocenters. The van der Waals surface area contributed by atoms with E-state index in [0.717, 1.165) is 5.69 Å². The Bertz CT molecular complexity index is 464. The summed E-state index contributed by atoms with van der Waals surface area (Å²) in [5.41, 5.74) is 0.727. The molecule has 7 nitrogen and oxygen atoms in total. The van der Waals surface area contributed by atoms with Crippen LogP contribution >= 0.6 is 0 Å². The van der Waals surface area contributed by atoms with E-state index >= 15 is 0 Å². The van der Waals surface area contributed by atoms with E-state index in [-0.39, 0.29) is 6.54 Å². The maximum absolute atomic E-state index is 11.9. The van der Waals surface area contributed by atoms with Crippen LogP contribution in [0.1, 0.15) is 11.5 Å². The molecule has 1 aromatic rings. The average Bonchev–Trinajstić information content (AvgIpc) is 2.74.